The molecule has 1 fully saturated rings. The van der Waals surface area contributed by atoms with Crippen LogP contribution in [0.15, 0.2) is 18.2 Å². The molecule has 0 aliphatic carbocycles. The van der Waals surface area contributed by atoms with Crippen molar-refractivity contribution >= 4 is 17.5 Å². The Morgan fingerprint density at radius 2 is 1.91 bits per heavy atom. The van der Waals surface area contributed by atoms with Gasteiger partial charge in [-0.3, -0.25) is 0 Å². The van der Waals surface area contributed by atoms with Crippen LogP contribution in [0.25, 0.3) is 0 Å². The van der Waals surface area contributed by atoms with Crippen LogP contribution < -0.4 is 15.5 Å². The number of rotatable bonds is 5. The van der Waals surface area contributed by atoms with Crippen LogP contribution in [-0.2, 0) is 4.74 Å². The van der Waals surface area contributed by atoms with Gasteiger partial charge in [0.2, 0.25) is 0 Å². The Morgan fingerprint density at radius 1 is 1.22 bits per heavy atom. The zero-order valence-corrected chi connectivity index (χ0v) is 14.7. The van der Waals surface area contributed by atoms with Gasteiger partial charge in [-0.2, -0.15) is 0 Å². The van der Waals surface area contributed by atoms with E-state index in [2.05, 4.69) is 40.7 Å². The van der Waals surface area contributed by atoms with Crippen LogP contribution in [0.3, 0.4) is 0 Å². The molecule has 2 N–H and O–H groups in total. The van der Waals surface area contributed by atoms with Crippen LogP contribution >= 0.6 is 0 Å². The van der Waals surface area contributed by atoms with Gasteiger partial charge in [-0.15, -0.1) is 0 Å². The Labute approximate surface area is 139 Å². The van der Waals surface area contributed by atoms with Gasteiger partial charge in [0.1, 0.15) is 5.60 Å². The second-order valence-electron chi connectivity index (χ2n) is 7.05. The number of aryl methyl sites for hydroxylation is 1. The summed E-state index contributed by atoms with van der Waals surface area (Å²) >= 11 is 0. The van der Waals surface area contributed by atoms with E-state index in [0.29, 0.717) is 13.1 Å². The lowest BCUT2D eigenvalue weighted by atomic mass is 10.1. The van der Waals surface area contributed by atoms with E-state index in [9.17, 15) is 4.79 Å². The molecule has 1 saturated heterocycles. The standard InChI is InChI=1S/C18H29N3O2/c1-14-13-15(21-11-5-6-12-21)7-8-16(14)19-9-10-20-17(22)23-18(2,3)4/h7-8,13,19H,5-6,9-12H2,1-4H3,(H,20,22). The molecule has 5 heteroatoms. The van der Waals surface area contributed by atoms with Crippen LogP contribution in [0.5, 0.6) is 0 Å². The van der Waals surface area contributed by atoms with Gasteiger partial charge >= 0.3 is 6.09 Å². The summed E-state index contributed by atoms with van der Waals surface area (Å²) in [6.45, 7) is 11.2. The first-order valence-corrected chi connectivity index (χ1v) is 8.41. The van der Waals surface area contributed by atoms with E-state index in [0.717, 1.165) is 18.8 Å². The largest absolute Gasteiger partial charge is 0.444 e. The maximum Gasteiger partial charge on any atom is 0.407 e. The molecule has 0 saturated carbocycles. The van der Waals surface area contributed by atoms with Crippen molar-refractivity contribution in [3.05, 3.63) is 23.8 Å². The summed E-state index contributed by atoms with van der Waals surface area (Å²) in [7, 11) is 0. The maximum atomic E-state index is 11.6. The summed E-state index contributed by atoms with van der Waals surface area (Å²) in [6, 6.07) is 6.52. The maximum absolute atomic E-state index is 11.6. The van der Waals surface area contributed by atoms with E-state index in [4.69, 9.17) is 4.74 Å². The fourth-order valence-electron chi connectivity index (χ4n) is 2.69. The SMILES string of the molecule is Cc1cc(N2CCCC2)ccc1NCCNC(=O)OC(C)(C)C. The normalized spacial score (nSPS) is 14.7. The molecule has 0 aromatic heterocycles. The Kier molecular flexibility index (Phi) is 5.74. The summed E-state index contributed by atoms with van der Waals surface area (Å²) in [5, 5.41) is 6.11. The Hall–Kier alpha value is -1.91. The third-order valence-corrected chi connectivity index (χ3v) is 3.79. The molecule has 128 valence electrons. The van der Waals surface area contributed by atoms with Crippen LogP contribution in [0, 0.1) is 6.92 Å². The molecular weight excluding hydrogens is 290 g/mol. The Morgan fingerprint density at radius 3 is 2.52 bits per heavy atom. The highest BCUT2D eigenvalue weighted by molar-refractivity contribution is 5.67. The van der Waals surface area contributed by atoms with Gasteiger partial charge in [-0.25, -0.2) is 4.79 Å². The van der Waals surface area contributed by atoms with E-state index < -0.39 is 5.60 Å². The van der Waals surface area contributed by atoms with Gasteiger partial charge in [-0.05, 0) is 64.3 Å². The van der Waals surface area contributed by atoms with Gasteiger partial charge in [0.25, 0.3) is 0 Å². The molecule has 1 aromatic rings. The number of hydrogen-bond acceptors (Lipinski definition) is 4. The highest BCUT2D eigenvalue weighted by atomic mass is 16.6. The topological polar surface area (TPSA) is 53.6 Å². The zero-order chi connectivity index (χ0) is 16.9. The lowest BCUT2D eigenvalue weighted by molar-refractivity contribution is 0.0530. The number of ether oxygens (including phenoxy) is 1. The summed E-state index contributed by atoms with van der Waals surface area (Å²) in [4.78, 5) is 14.0. The van der Waals surface area contributed by atoms with E-state index in [-0.39, 0.29) is 6.09 Å². The van der Waals surface area contributed by atoms with E-state index in [1.165, 1.54) is 24.1 Å². The van der Waals surface area contributed by atoms with Crippen molar-refractivity contribution in [3.8, 4) is 0 Å². The molecule has 0 radical (unpaired) electrons. The van der Waals surface area contributed by atoms with Crippen molar-refractivity contribution in [1.29, 1.82) is 0 Å². The van der Waals surface area contributed by atoms with Crippen LogP contribution in [-0.4, -0.2) is 37.9 Å². The summed E-state index contributed by atoms with van der Waals surface area (Å²) in [5.41, 5.74) is 3.18. The molecule has 2 rings (SSSR count). The number of amides is 1. The second kappa shape index (κ2) is 7.57. The van der Waals surface area contributed by atoms with Gasteiger partial charge in [0.05, 0.1) is 0 Å². The molecule has 0 spiro atoms. The summed E-state index contributed by atoms with van der Waals surface area (Å²) < 4.78 is 5.20. The average molecular weight is 319 g/mol. The Balaban J connectivity index is 1.76. The van der Waals surface area contributed by atoms with Crippen molar-refractivity contribution in [2.75, 3.05) is 36.4 Å². The minimum absolute atomic E-state index is 0.375. The van der Waals surface area contributed by atoms with Crippen LogP contribution in [0.1, 0.15) is 39.2 Å². The third kappa shape index (κ3) is 5.66. The monoisotopic (exact) mass is 319 g/mol. The molecule has 1 aliphatic rings. The van der Waals surface area contributed by atoms with Gasteiger partial charge in [0, 0.05) is 37.6 Å². The molecule has 1 aliphatic heterocycles. The quantitative estimate of drug-likeness (QED) is 0.815. The lowest BCUT2D eigenvalue weighted by Gasteiger charge is -2.20. The fraction of sp³-hybridized carbons (Fsp3) is 0.611. The number of nitrogens with zero attached hydrogens (tertiary/aromatic N) is 1. The van der Waals surface area contributed by atoms with Crippen molar-refractivity contribution in [2.45, 2.75) is 46.1 Å². The Bertz CT molecular complexity index is 532. The number of alkyl carbamates (subject to hydrolysis) is 1. The molecule has 23 heavy (non-hydrogen) atoms. The minimum Gasteiger partial charge on any atom is -0.444 e. The summed E-state index contributed by atoms with van der Waals surface area (Å²) in [5.74, 6) is 0. The number of anilines is 2. The van der Waals surface area contributed by atoms with E-state index in [1.807, 2.05) is 20.8 Å². The van der Waals surface area contributed by atoms with Crippen molar-refractivity contribution < 1.29 is 9.53 Å². The fourth-order valence-corrected chi connectivity index (χ4v) is 2.69. The average Bonchev–Trinajstić information content (AvgIpc) is 2.97. The molecule has 0 unspecified atom stereocenters. The van der Waals surface area contributed by atoms with Gasteiger partial charge in [-0.1, -0.05) is 0 Å². The molecular formula is C18H29N3O2. The highest BCUT2D eigenvalue weighted by Crippen LogP contribution is 2.25. The van der Waals surface area contributed by atoms with Crippen molar-refractivity contribution in [2.24, 2.45) is 0 Å². The number of hydrogen-bond donors (Lipinski definition) is 2. The zero-order valence-electron chi connectivity index (χ0n) is 14.7. The minimum atomic E-state index is -0.459. The predicted molar refractivity (Wildman–Crippen MR) is 95.4 cm³/mol. The number of carbonyl (C=O) groups is 1. The first-order chi connectivity index (χ1) is 10.8. The van der Waals surface area contributed by atoms with Crippen molar-refractivity contribution in [1.82, 2.24) is 5.32 Å². The van der Waals surface area contributed by atoms with E-state index >= 15 is 0 Å². The molecule has 5 nitrogen and oxygen atoms in total. The molecule has 1 heterocycles. The molecule has 1 amide bonds. The third-order valence-electron chi connectivity index (χ3n) is 3.79. The first kappa shape index (κ1) is 17.4. The van der Waals surface area contributed by atoms with Crippen molar-refractivity contribution in [3.63, 3.8) is 0 Å². The van der Waals surface area contributed by atoms with Crippen LogP contribution in [0.4, 0.5) is 16.2 Å². The highest BCUT2D eigenvalue weighted by Gasteiger charge is 2.15. The number of carbonyl (C=O) groups excluding carboxylic acids is 1. The predicted octanol–water partition coefficient (Wildman–Crippen LogP) is 3.53. The smallest absolute Gasteiger partial charge is 0.407 e. The molecule has 1 aromatic carbocycles. The first-order valence-electron chi connectivity index (χ1n) is 8.41. The van der Waals surface area contributed by atoms with Gasteiger partial charge in [0.15, 0.2) is 0 Å². The number of benzene rings is 1. The molecule has 0 atom stereocenters. The van der Waals surface area contributed by atoms with E-state index in [1.54, 1.807) is 0 Å². The summed E-state index contributed by atoms with van der Waals surface area (Å²) in [6.07, 6.45) is 2.20. The molecule has 0 bridgehead atoms. The van der Waals surface area contributed by atoms with Gasteiger partial charge < -0.3 is 20.3 Å². The number of nitrogens with one attached hydrogen (secondary N) is 2. The van der Waals surface area contributed by atoms with Crippen LogP contribution in [0.2, 0.25) is 0 Å². The second-order valence-corrected chi connectivity index (χ2v) is 7.05. The lowest BCUT2D eigenvalue weighted by Crippen LogP contribution is -2.35.